The number of hydrogen-bond donors (Lipinski definition) is 1. The summed E-state index contributed by atoms with van der Waals surface area (Å²) in [4.78, 5) is 14.4. The Hall–Kier alpha value is -2.12. The molecule has 3 rings (SSSR count). The standard InChI is InChI=1S/C18H25N5O2.ClH/c1-4-22(5-2)18(24)16-10-14(11-19-16)23-12-17(20-21-23)13-7-6-8-15(9-13)25-3;/h6-9,12,14,16,19H,4-5,10-11H2,1-3H3;1H/t14-,16-;/m0./s1. The summed E-state index contributed by atoms with van der Waals surface area (Å²) in [5, 5.41) is 11.9. The number of nitrogens with zero attached hydrogens (tertiary/aromatic N) is 4. The Labute approximate surface area is 160 Å². The number of amides is 1. The summed E-state index contributed by atoms with van der Waals surface area (Å²) in [6.07, 6.45) is 2.67. The number of ether oxygens (including phenoxy) is 1. The SMILES string of the molecule is CCN(CC)C(=O)[C@@H]1C[C@H](n2cc(-c3cccc(OC)c3)nn2)CN1.Cl. The predicted octanol–water partition coefficient (Wildman–Crippen LogP) is 2.15. The van der Waals surface area contributed by atoms with Gasteiger partial charge < -0.3 is 15.0 Å². The summed E-state index contributed by atoms with van der Waals surface area (Å²) < 4.78 is 7.12. The summed E-state index contributed by atoms with van der Waals surface area (Å²) in [6, 6.07) is 7.75. The summed E-state index contributed by atoms with van der Waals surface area (Å²) in [7, 11) is 1.65. The number of nitrogens with one attached hydrogen (secondary N) is 1. The molecule has 7 nitrogen and oxygen atoms in total. The van der Waals surface area contributed by atoms with Gasteiger partial charge in [-0.05, 0) is 32.4 Å². The Morgan fingerprint density at radius 3 is 2.85 bits per heavy atom. The van der Waals surface area contributed by atoms with Crippen LogP contribution in [0.4, 0.5) is 0 Å². The number of aromatic nitrogens is 3. The third-order valence-electron chi connectivity index (χ3n) is 4.73. The summed E-state index contributed by atoms with van der Waals surface area (Å²) in [5.41, 5.74) is 1.77. The highest BCUT2D eigenvalue weighted by molar-refractivity contribution is 5.85. The summed E-state index contributed by atoms with van der Waals surface area (Å²) in [6.45, 7) is 6.21. The van der Waals surface area contributed by atoms with E-state index in [1.807, 2.05) is 53.9 Å². The second-order valence-electron chi connectivity index (χ2n) is 6.18. The smallest absolute Gasteiger partial charge is 0.239 e. The van der Waals surface area contributed by atoms with E-state index in [0.717, 1.165) is 43.1 Å². The van der Waals surface area contributed by atoms with Gasteiger partial charge in [0.25, 0.3) is 0 Å². The van der Waals surface area contributed by atoms with Crippen LogP contribution in [0.25, 0.3) is 11.3 Å². The Morgan fingerprint density at radius 2 is 2.15 bits per heavy atom. The van der Waals surface area contributed by atoms with Crippen molar-refractivity contribution in [2.75, 3.05) is 26.7 Å². The van der Waals surface area contributed by atoms with Crippen molar-refractivity contribution in [3.8, 4) is 17.0 Å². The van der Waals surface area contributed by atoms with E-state index >= 15 is 0 Å². The third kappa shape index (κ3) is 4.16. The number of methoxy groups -OCH3 is 1. The molecule has 1 fully saturated rings. The second kappa shape index (κ2) is 9.00. The van der Waals surface area contributed by atoms with Crippen LogP contribution >= 0.6 is 12.4 Å². The zero-order chi connectivity index (χ0) is 17.8. The van der Waals surface area contributed by atoms with Crippen LogP contribution in [0.2, 0.25) is 0 Å². The molecule has 1 aromatic carbocycles. The molecule has 2 heterocycles. The van der Waals surface area contributed by atoms with Crippen LogP contribution < -0.4 is 10.1 Å². The van der Waals surface area contributed by atoms with Crippen LogP contribution in [0.3, 0.4) is 0 Å². The lowest BCUT2D eigenvalue weighted by Gasteiger charge is -2.22. The predicted molar refractivity (Wildman–Crippen MR) is 103 cm³/mol. The van der Waals surface area contributed by atoms with Crippen LogP contribution in [0.15, 0.2) is 30.5 Å². The van der Waals surface area contributed by atoms with Gasteiger partial charge in [-0.3, -0.25) is 4.79 Å². The van der Waals surface area contributed by atoms with E-state index in [2.05, 4.69) is 15.6 Å². The maximum atomic E-state index is 12.5. The number of hydrogen-bond acceptors (Lipinski definition) is 5. The molecular weight excluding hydrogens is 354 g/mol. The Kier molecular flexibility index (Phi) is 6.99. The monoisotopic (exact) mass is 379 g/mol. The molecule has 0 spiro atoms. The van der Waals surface area contributed by atoms with Crippen molar-refractivity contribution in [3.63, 3.8) is 0 Å². The molecule has 1 aromatic heterocycles. The first kappa shape index (κ1) is 20.2. The molecule has 0 bridgehead atoms. The minimum absolute atomic E-state index is 0. The Morgan fingerprint density at radius 1 is 1.38 bits per heavy atom. The fourth-order valence-corrected chi connectivity index (χ4v) is 3.23. The first-order valence-corrected chi connectivity index (χ1v) is 8.74. The van der Waals surface area contributed by atoms with E-state index in [1.165, 1.54) is 0 Å². The van der Waals surface area contributed by atoms with E-state index < -0.39 is 0 Å². The van der Waals surface area contributed by atoms with Crippen LogP contribution in [-0.4, -0.2) is 58.6 Å². The number of halogens is 1. The van der Waals surface area contributed by atoms with E-state index in [4.69, 9.17) is 4.74 Å². The minimum atomic E-state index is -0.144. The topological polar surface area (TPSA) is 72.3 Å². The number of carbonyl (C=O) groups is 1. The minimum Gasteiger partial charge on any atom is -0.497 e. The Balaban J connectivity index is 0.00000243. The second-order valence-corrected chi connectivity index (χ2v) is 6.18. The number of rotatable bonds is 6. The number of benzene rings is 1. The molecule has 142 valence electrons. The lowest BCUT2D eigenvalue weighted by atomic mass is 10.1. The van der Waals surface area contributed by atoms with Crippen LogP contribution in [0, 0.1) is 0 Å². The van der Waals surface area contributed by atoms with E-state index in [-0.39, 0.29) is 30.4 Å². The number of likely N-dealkylation sites (N-methyl/N-ethyl adjacent to an activating group) is 1. The van der Waals surface area contributed by atoms with Gasteiger partial charge in [0.05, 0.1) is 25.4 Å². The molecule has 1 saturated heterocycles. The van der Waals surface area contributed by atoms with Crippen LogP contribution in [0.5, 0.6) is 5.75 Å². The van der Waals surface area contributed by atoms with Crippen molar-refractivity contribution >= 4 is 18.3 Å². The molecule has 0 saturated carbocycles. The van der Waals surface area contributed by atoms with Crippen LogP contribution in [-0.2, 0) is 4.79 Å². The molecule has 8 heteroatoms. The fraction of sp³-hybridized carbons (Fsp3) is 0.500. The molecule has 1 N–H and O–H groups in total. The highest BCUT2D eigenvalue weighted by Gasteiger charge is 2.33. The van der Waals surface area contributed by atoms with Gasteiger partial charge in [-0.25, -0.2) is 4.68 Å². The quantitative estimate of drug-likeness (QED) is 0.832. The average Bonchev–Trinajstić information content (AvgIpc) is 3.32. The first-order valence-electron chi connectivity index (χ1n) is 8.74. The molecule has 2 aromatic rings. The largest absolute Gasteiger partial charge is 0.497 e. The van der Waals surface area contributed by atoms with Gasteiger partial charge in [-0.2, -0.15) is 0 Å². The van der Waals surface area contributed by atoms with Crippen molar-refractivity contribution in [1.29, 1.82) is 0 Å². The zero-order valence-electron chi connectivity index (χ0n) is 15.4. The Bertz CT molecular complexity index is 732. The van der Waals surface area contributed by atoms with Gasteiger partial charge >= 0.3 is 0 Å². The van der Waals surface area contributed by atoms with Gasteiger partial charge in [0.2, 0.25) is 5.91 Å². The van der Waals surface area contributed by atoms with E-state index in [1.54, 1.807) is 7.11 Å². The van der Waals surface area contributed by atoms with Crippen molar-refractivity contribution in [1.82, 2.24) is 25.2 Å². The van der Waals surface area contributed by atoms with E-state index in [0.29, 0.717) is 0 Å². The van der Waals surface area contributed by atoms with Crippen molar-refractivity contribution in [2.24, 2.45) is 0 Å². The first-order chi connectivity index (χ1) is 12.2. The summed E-state index contributed by atoms with van der Waals surface area (Å²) in [5.74, 6) is 0.958. The van der Waals surface area contributed by atoms with E-state index in [9.17, 15) is 4.79 Å². The molecule has 1 aliphatic rings. The highest BCUT2D eigenvalue weighted by Crippen LogP contribution is 2.25. The molecule has 0 radical (unpaired) electrons. The molecule has 1 aliphatic heterocycles. The fourth-order valence-electron chi connectivity index (χ4n) is 3.23. The van der Waals surface area contributed by atoms with Crippen molar-refractivity contribution in [3.05, 3.63) is 30.5 Å². The molecule has 0 aliphatic carbocycles. The van der Waals surface area contributed by atoms with Gasteiger partial charge in [-0.1, -0.05) is 17.3 Å². The van der Waals surface area contributed by atoms with Gasteiger partial charge in [-0.15, -0.1) is 17.5 Å². The molecule has 26 heavy (non-hydrogen) atoms. The number of carbonyl (C=O) groups excluding carboxylic acids is 1. The maximum absolute atomic E-state index is 12.5. The van der Waals surface area contributed by atoms with Crippen molar-refractivity contribution < 1.29 is 9.53 Å². The average molecular weight is 380 g/mol. The van der Waals surface area contributed by atoms with Gasteiger partial charge in [0.1, 0.15) is 11.4 Å². The molecule has 2 atom stereocenters. The molecular formula is C18H26ClN5O2. The highest BCUT2D eigenvalue weighted by atomic mass is 35.5. The lowest BCUT2D eigenvalue weighted by Crippen LogP contribution is -2.43. The lowest BCUT2D eigenvalue weighted by molar-refractivity contribution is -0.132. The van der Waals surface area contributed by atoms with Gasteiger partial charge in [0, 0.05) is 25.2 Å². The normalized spacial score (nSPS) is 19.0. The maximum Gasteiger partial charge on any atom is 0.239 e. The van der Waals surface area contributed by atoms with Crippen LogP contribution in [0.1, 0.15) is 26.3 Å². The molecule has 0 unspecified atom stereocenters. The summed E-state index contributed by atoms with van der Waals surface area (Å²) >= 11 is 0. The van der Waals surface area contributed by atoms with Crippen molar-refractivity contribution in [2.45, 2.75) is 32.4 Å². The molecule has 1 amide bonds. The zero-order valence-corrected chi connectivity index (χ0v) is 16.2. The van der Waals surface area contributed by atoms with Gasteiger partial charge in [0.15, 0.2) is 0 Å². The third-order valence-corrected chi connectivity index (χ3v) is 4.73.